The smallest absolute Gasteiger partial charge is 0.156 e. The molecule has 0 aliphatic heterocycles. The van der Waals surface area contributed by atoms with Crippen molar-refractivity contribution in [1.82, 2.24) is 4.98 Å². The van der Waals surface area contributed by atoms with Crippen LogP contribution in [0.5, 0.6) is 0 Å². The summed E-state index contributed by atoms with van der Waals surface area (Å²) in [6.45, 7) is 2.37. The number of hydrogen-bond acceptors (Lipinski definition) is 2. The van der Waals surface area contributed by atoms with E-state index in [2.05, 4.69) is 133 Å². The van der Waals surface area contributed by atoms with Crippen molar-refractivity contribution in [3.05, 3.63) is 132 Å². The first-order chi connectivity index (χ1) is 20.7. The summed E-state index contributed by atoms with van der Waals surface area (Å²) in [4.78, 5) is 3.73. The van der Waals surface area contributed by atoms with E-state index in [1.165, 1.54) is 64.0 Å². The van der Waals surface area contributed by atoms with Crippen LogP contribution < -0.4 is 0 Å². The van der Waals surface area contributed by atoms with Crippen molar-refractivity contribution in [1.29, 1.82) is 0 Å². The summed E-state index contributed by atoms with van der Waals surface area (Å²) in [5.74, 6) is 1.21. The Morgan fingerprint density at radius 2 is 1.52 bits per heavy atom. The van der Waals surface area contributed by atoms with Gasteiger partial charge in [0.05, 0.1) is 5.69 Å². The van der Waals surface area contributed by atoms with E-state index >= 15 is 0 Å². The molecule has 0 saturated carbocycles. The van der Waals surface area contributed by atoms with Gasteiger partial charge in [0.1, 0.15) is 5.58 Å². The van der Waals surface area contributed by atoms with E-state index in [9.17, 15) is 0 Å². The zero-order valence-electron chi connectivity index (χ0n) is 22.9. The number of nitrogens with one attached hydrogen (secondary N) is 1. The molecule has 2 atom stereocenters. The first-order valence-corrected chi connectivity index (χ1v) is 15.4. The van der Waals surface area contributed by atoms with E-state index in [-0.39, 0.29) is 11.3 Å². The van der Waals surface area contributed by atoms with Crippen LogP contribution in [0.2, 0.25) is 0 Å². The number of fused-ring (bicyclic) bond motifs is 14. The monoisotopic (exact) mass is 555 g/mol. The van der Waals surface area contributed by atoms with Crippen molar-refractivity contribution in [2.45, 2.75) is 18.3 Å². The SMILES string of the molecule is CC12C=CC=CC1c1c([nH]c3ccccc13)-c1oc3cc4ccc(-c5ccc6c(c5)sc5ccccc56)cc4cc3c12. The molecule has 2 aliphatic carbocycles. The van der Waals surface area contributed by atoms with Gasteiger partial charge in [-0.15, -0.1) is 11.3 Å². The lowest BCUT2D eigenvalue weighted by Gasteiger charge is -2.39. The van der Waals surface area contributed by atoms with Crippen molar-refractivity contribution >= 4 is 64.2 Å². The Labute approximate surface area is 246 Å². The molecule has 2 unspecified atom stereocenters. The van der Waals surface area contributed by atoms with Gasteiger partial charge >= 0.3 is 0 Å². The molecule has 0 amide bonds. The maximum absolute atomic E-state index is 6.77. The Morgan fingerprint density at radius 3 is 2.48 bits per heavy atom. The average Bonchev–Trinajstić information content (AvgIpc) is 3.71. The molecule has 0 bridgehead atoms. The minimum atomic E-state index is -0.204. The fourth-order valence-corrected chi connectivity index (χ4v) is 8.82. The molecule has 8 aromatic rings. The quantitative estimate of drug-likeness (QED) is 0.214. The Hall–Kier alpha value is -4.86. The third kappa shape index (κ3) is 2.89. The highest BCUT2D eigenvalue weighted by Crippen LogP contribution is 2.58. The van der Waals surface area contributed by atoms with E-state index in [0.29, 0.717) is 0 Å². The van der Waals surface area contributed by atoms with E-state index in [1.807, 2.05) is 11.3 Å². The molecule has 3 heterocycles. The molecule has 3 aromatic heterocycles. The van der Waals surface area contributed by atoms with Gasteiger partial charge in [-0.1, -0.05) is 91.9 Å². The maximum atomic E-state index is 6.77. The van der Waals surface area contributed by atoms with E-state index in [0.717, 1.165) is 22.6 Å². The van der Waals surface area contributed by atoms with Crippen LogP contribution >= 0.6 is 11.3 Å². The van der Waals surface area contributed by atoms with Gasteiger partial charge in [0.25, 0.3) is 0 Å². The molecule has 5 aromatic carbocycles. The molecule has 198 valence electrons. The van der Waals surface area contributed by atoms with E-state index in [1.54, 1.807) is 0 Å². The lowest BCUT2D eigenvalue weighted by Crippen LogP contribution is -2.31. The van der Waals surface area contributed by atoms with Crippen molar-refractivity contribution in [2.24, 2.45) is 0 Å². The molecule has 0 fully saturated rings. The third-order valence-electron chi connectivity index (χ3n) is 9.69. The van der Waals surface area contributed by atoms with Gasteiger partial charge in [-0.25, -0.2) is 0 Å². The van der Waals surface area contributed by atoms with Gasteiger partial charge in [-0.05, 0) is 63.9 Å². The number of aromatic nitrogens is 1. The number of rotatable bonds is 1. The molecular formula is C39H25NOS. The summed E-state index contributed by atoms with van der Waals surface area (Å²) in [5, 5.41) is 7.58. The highest BCUT2D eigenvalue weighted by Gasteiger charge is 2.46. The average molecular weight is 556 g/mol. The van der Waals surface area contributed by atoms with Crippen LogP contribution in [-0.2, 0) is 5.41 Å². The largest absolute Gasteiger partial charge is 0.454 e. The van der Waals surface area contributed by atoms with Gasteiger partial charge < -0.3 is 9.40 Å². The topological polar surface area (TPSA) is 28.9 Å². The summed E-state index contributed by atoms with van der Waals surface area (Å²) in [5.41, 5.74) is 8.12. The second kappa shape index (κ2) is 7.90. The highest BCUT2D eigenvalue weighted by atomic mass is 32.1. The summed E-state index contributed by atoms with van der Waals surface area (Å²) < 4.78 is 9.44. The van der Waals surface area contributed by atoms with Crippen LogP contribution in [0.15, 0.2) is 126 Å². The highest BCUT2D eigenvalue weighted by molar-refractivity contribution is 7.25. The van der Waals surface area contributed by atoms with E-state index < -0.39 is 0 Å². The third-order valence-corrected chi connectivity index (χ3v) is 10.8. The lowest BCUT2D eigenvalue weighted by molar-refractivity contribution is 0.505. The molecule has 3 heteroatoms. The Bertz CT molecular complexity index is 2500. The number of thiophene rings is 1. The van der Waals surface area contributed by atoms with Crippen molar-refractivity contribution in [2.75, 3.05) is 0 Å². The first-order valence-electron chi connectivity index (χ1n) is 14.6. The minimum Gasteiger partial charge on any atom is -0.454 e. The molecule has 0 saturated heterocycles. The molecule has 2 nitrogen and oxygen atoms in total. The number of aromatic amines is 1. The zero-order chi connectivity index (χ0) is 27.6. The second-order valence-corrected chi connectivity index (χ2v) is 13.1. The van der Waals surface area contributed by atoms with Crippen molar-refractivity contribution in [3.63, 3.8) is 0 Å². The Balaban J connectivity index is 1.20. The fraction of sp³-hybridized carbons (Fsp3) is 0.0769. The van der Waals surface area contributed by atoms with Crippen LogP contribution in [0, 0.1) is 0 Å². The van der Waals surface area contributed by atoms with Gasteiger partial charge in [-0.3, -0.25) is 0 Å². The number of furan rings is 1. The lowest BCUT2D eigenvalue weighted by atomic mass is 9.62. The molecule has 2 aliphatic rings. The number of benzene rings is 5. The van der Waals surface area contributed by atoms with Crippen LogP contribution in [0.1, 0.15) is 24.0 Å². The van der Waals surface area contributed by atoms with Gasteiger partial charge in [0, 0.05) is 53.4 Å². The zero-order valence-corrected chi connectivity index (χ0v) is 23.8. The van der Waals surface area contributed by atoms with Crippen LogP contribution in [-0.4, -0.2) is 4.98 Å². The normalized spacial score (nSPS) is 19.2. The predicted octanol–water partition coefficient (Wildman–Crippen LogP) is 11.3. The van der Waals surface area contributed by atoms with Gasteiger partial charge in [0.2, 0.25) is 0 Å². The summed E-state index contributed by atoms with van der Waals surface area (Å²) in [6.07, 6.45) is 9.13. The summed E-state index contributed by atoms with van der Waals surface area (Å²) >= 11 is 1.87. The van der Waals surface area contributed by atoms with E-state index in [4.69, 9.17) is 4.42 Å². The second-order valence-electron chi connectivity index (χ2n) is 12.0. The molecule has 0 spiro atoms. The number of hydrogen-bond donors (Lipinski definition) is 1. The maximum Gasteiger partial charge on any atom is 0.156 e. The number of allylic oxidation sites excluding steroid dienone is 4. The van der Waals surface area contributed by atoms with Crippen molar-refractivity contribution < 1.29 is 4.42 Å². The van der Waals surface area contributed by atoms with Crippen LogP contribution in [0.4, 0.5) is 0 Å². The van der Waals surface area contributed by atoms with Crippen LogP contribution in [0.3, 0.4) is 0 Å². The van der Waals surface area contributed by atoms with Crippen LogP contribution in [0.25, 0.3) is 75.4 Å². The standard InChI is InChI=1S/C39H25NOS/c1-39-17-7-6-10-30(39)35-28-9-2-4-11-31(28)40-37(35)38-36(39)29-19-25-18-22(13-14-23(25)20-32(29)41-38)24-15-16-27-26-8-3-5-12-33(26)42-34(27)21-24/h2-21,30,40H,1H3. The van der Waals surface area contributed by atoms with Crippen molar-refractivity contribution in [3.8, 4) is 22.6 Å². The summed E-state index contributed by atoms with van der Waals surface area (Å²) in [6, 6.07) is 35.6. The minimum absolute atomic E-state index is 0.204. The number of para-hydroxylation sites is 1. The predicted molar refractivity (Wildman–Crippen MR) is 178 cm³/mol. The molecule has 10 rings (SSSR count). The molecular weight excluding hydrogens is 531 g/mol. The molecule has 42 heavy (non-hydrogen) atoms. The Kier molecular flexibility index (Phi) is 4.29. The summed E-state index contributed by atoms with van der Waals surface area (Å²) in [7, 11) is 0. The molecule has 1 N–H and O–H groups in total. The Morgan fingerprint density at radius 1 is 0.714 bits per heavy atom. The number of H-pyrrole nitrogens is 1. The fourth-order valence-electron chi connectivity index (χ4n) is 7.67. The first kappa shape index (κ1) is 22.8. The van der Waals surface area contributed by atoms with Gasteiger partial charge in [-0.2, -0.15) is 0 Å². The molecule has 0 radical (unpaired) electrons. The van der Waals surface area contributed by atoms with Gasteiger partial charge in [0.15, 0.2) is 5.76 Å².